The zero-order valence-electron chi connectivity index (χ0n) is 11.4. The molecule has 2 atom stereocenters. The summed E-state index contributed by atoms with van der Waals surface area (Å²) < 4.78 is 10.9. The van der Waals surface area contributed by atoms with E-state index in [1.54, 1.807) is 6.07 Å². The van der Waals surface area contributed by atoms with E-state index in [0.717, 1.165) is 16.5 Å². The number of esters is 1. The molecule has 0 spiro atoms. The van der Waals surface area contributed by atoms with Gasteiger partial charge in [0.05, 0.1) is 12.7 Å². The summed E-state index contributed by atoms with van der Waals surface area (Å²) in [6.07, 6.45) is -0.0697. The van der Waals surface area contributed by atoms with E-state index in [2.05, 4.69) is 34.1 Å². The number of fused-ring (bicyclic) bond motifs is 8. The number of ether oxygens (including phenoxy) is 2. The van der Waals surface area contributed by atoms with Gasteiger partial charge in [0, 0.05) is 5.33 Å². The topological polar surface area (TPSA) is 35.5 Å². The van der Waals surface area contributed by atoms with Crippen LogP contribution in [0.1, 0.15) is 50.4 Å². The van der Waals surface area contributed by atoms with Crippen LogP contribution >= 0.6 is 15.9 Å². The highest BCUT2D eigenvalue weighted by Crippen LogP contribution is 2.54. The molecule has 2 bridgehead atoms. The maximum absolute atomic E-state index is 11.7. The summed E-state index contributed by atoms with van der Waals surface area (Å²) in [6, 6.07) is 12.1. The summed E-state index contributed by atoms with van der Waals surface area (Å²) >= 11 is 3.49. The lowest BCUT2D eigenvalue weighted by Crippen LogP contribution is -2.07. The quantitative estimate of drug-likeness (QED) is 0.612. The van der Waals surface area contributed by atoms with E-state index in [1.807, 2.05) is 12.1 Å². The van der Waals surface area contributed by atoms with Crippen molar-refractivity contribution in [1.82, 2.24) is 0 Å². The number of rotatable bonds is 2. The number of hydrogen-bond acceptors (Lipinski definition) is 3. The molecule has 4 heteroatoms. The average Bonchev–Trinajstić information content (AvgIpc) is 3.10. The van der Waals surface area contributed by atoms with Gasteiger partial charge in [-0.25, -0.2) is 4.79 Å². The van der Waals surface area contributed by atoms with Crippen molar-refractivity contribution in [2.75, 3.05) is 7.11 Å². The van der Waals surface area contributed by atoms with Crippen molar-refractivity contribution in [3.05, 3.63) is 69.8 Å². The van der Waals surface area contributed by atoms with E-state index in [9.17, 15) is 4.79 Å². The summed E-state index contributed by atoms with van der Waals surface area (Å²) in [5.74, 6) is -0.310. The summed E-state index contributed by atoms with van der Waals surface area (Å²) in [4.78, 5) is 11.7. The van der Waals surface area contributed by atoms with Gasteiger partial charge in [0.2, 0.25) is 0 Å². The molecule has 2 aliphatic rings. The van der Waals surface area contributed by atoms with Crippen LogP contribution in [0.5, 0.6) is 0 Å². The van der Waals surface area contributed by atoms with Gasteiger partial charge in [-0.05, 0) is 39.9 Å². The van der Waals surface area contributed by atoms with Crippen molar-refractivity contribution < 1.29 is 14.3 Å². The van der Waals surface area contributed by atoms with Crippen LogP contribution in [0, 0.1) is 0 Å². The summed E-state index contributed by atoms with van der Waals surface area (Å²) in [6.45, 7) is 0. The maximum atomic E-state index is 11.7. The fourth-order valence-electron chi connectivity index (χ4n) is 3.22. The van der Waals surface area contributed by atoms with Crippen molar-refractivity contribution in [2.45, 2.75) is 17.5 Å². The molecule has 0 N–H and O–H groups in total. The lowest BCUT2D eigenvalue weighted by molar-refractivity contribution is 0.0600. The zero-order valence-corrected chi connectivity index (χ0v) is 13.0. The molecule has 0 unspecified atom stereocenters. The van der Waals surface area contributed by atoms with Gasteiger partial charge in [0.25, 0.3) is 0 Å². The Labute approximate surface area is 131 Å². The van der Waals surface area contributed by atoms with Crippen molar-refractivity contribution in [3.63, 3.8) is 0 Å². The highest BCUT2D eigenvalue weighted by molar-refractivity contribution is 9.08. The van der Waals surface area contributed by atoms with Gasteiger partial charge in [0.15, 0.2) is 0 Å². The molecule has 2 aliphatic heterocycles. The molecule has 2 aromatic rings. The standard InChI is InChI=1S/C17H13BrO3/c1-20-17(19)10-3-5-12-14(7-10)16-13-6-9(8-18)2-4-11(13)15(12)21-16/h2-7,15-16H,8H2,1H3/t15-,16+/m0/s1. The molecule has 0 saturated carbocycles. The van der Waals surface area contributed by atoms with Crippen molar-refractivity contribution >= 4 is 21.9 Å². The molecular formula is C17H13BrO3. The number of methoxy groups -OCH3 is 1. The van der Waals surface area contributed by atoms with Gasteiger partial charge in [-0.15, -0.1) is 0 Å². The smallest absolute Gasteiger partial charge is 0.337 e. The van der Waals surface area contributed by atoms with Crippen molar-refractivity contribution in [1.29, 1.82) is 0 Å². The lowest BCUT2D eigenvalue weighted by atomic mass is 9.84. The second kappa shape index (κ2) is 4.68. The number of alkyl halides is 1. The number of carbonyl (C=O) groups is 1. The molecule has 0 amide bonds. The fraction of sp³-hybridized carbons (Fsp3) is 0.235. The van der Waals surface area contributed by atoms with Gasteiger partial charge in [0.1, 0.15) is 12.2 Å². The first-order valence-electron chi connectivity index (χ1n) is 6.79. The minimum Gasteiger partial charge on any atom is -0.465 e. The van der Waals surface area contributed by atoms with Crippen LogP contribution in [-0.2, 0) is 14.8 Å². The number of carbonyl (C=O) groups excluding carboxylic acids is 1. The molecule has 2 aromatic carbocycles. The zero-order chi connectivity index (χ0) is 14.6. The molecule has 4 rings (SSSR count). The first-order chi connectivity index (χ1) is 10.2. The first-order valence-corrected chi connectivity index (χ1v) is 7.91. The van der Waals surface area contributed by atoms with Gasteiger partial charge < -0.3 is 9.47 Å². The Morgan fingerprint density at radius 3 is 2.48 bits per heavy atom. The van der Waals surface area contributed by atoms with E-state index in [4.69, 9.17) is 9.47 Å². The Kier molecular flexibility index (Phi) is 2.91. The van der Waals surface area contributed by atoms with Crippen LogP contribution in [0.2, 0.25) is 0 Å². The minimum absolute atomic E-state index is 0.00364. The minimum atomic E-state index is -0.310. The van der Waals surface area contributed by atoms with Crippen LogP contribution in [0.15, 0.2) is 36.4 Å². The number of benzene rings is 2. The Morgan fingerprint density at radius 2 is 1.76 bits per heavy atom. The Hall–Kier alpha value is -1.65. The predicted octanol–water partition coefficient (Wildman–Crippen LogP) is 3.89. The van der Waals surface area contributed by atoms with E-state index in [0.29, 0.717) is 5.56 Å². The molecule has 3 nitrogen and oxygen atoms in total. The molecule has 21 heavy (non-hydrogen) atoms. The van der Waals surface area contributed by atoms with Gasteiger partial charge in [-0.1, -0.05) is 40.2 Å². The fourth-order valence-corrected chi connectivity index (χ4v) is 3.57. The lowest BCUT2D eigenvalue weighted by Gasteiger charge is -2.17. The summed E-state index contributed by atoms with van der Waals surface area (Å²) in [5, 5.41) is 0.826. The van der Waals surface area contributed by atoms with Gasteiger partial charge >= 0.3 is 5.97 Å². The second-order valence-electron chi connectivity index (χ2n) is 5.33. The van der Waals surface area contributed by atoms with Crippen LogP contribution in [0.4, 0.5) is 0 Å². The molecule has 0 saturated heterocycles. The van der Waals surface area contributed by atoms with Crippen molar-refractivity contribution in [3.8, 4) is 0 Å². The Balaban J connectivity index is 1.82. The molecular weight excluding hydrogens is 332 g/mol. The molecule has 0 aromatic heterocycles. The number of hydrogen-bond donors (Lipinski definition) is 0. The first kappa shape index (κ1) is 13.0. The molecule has 0 radical (unpaired) electrons. The monoisotopic (exact) mass is 344 g/mol. The third-order valence-corrected chi connectivity index (χ3v) is 4.86. The van der Waals surface area contributed by atoms with Crippen LogP contribution in [-0.4, -0.2) is 13.1 Å². The third kappa shape index (κ3) is 1.79. The van der Waals surface area contributed by atoms with Gasteiger partial charge in [-0.3, -0.25) is 0 Å². The van der Waals surface area contributed by atoms with E-state index in [1.165, 1.54) is 23.8 Å². The Morgan fingerprint density at radius 1 is 1.10 bits per heavy atom. The Bertz CT molecular complexity index is 754. The summed E-state index contributed by atoms with van der Waals surface area (Å²) in [5.41, 5.74) is 6.50. The predicted molar refractivity (Wildman–Crippen MR) is 81.6 cm³/mol. The van der Waals surface area contributed by atoms with Crippen LogP contribution in [0.25, 0.3) is 0 Å². The van der Waals surface area contributed by atoms with Crippen LogP contribution in [0.3, 0.4) is 0 Å². The van der Waals surface area contributed by atoms with Gasteiger partial charge in [-0.2, -0.15) is 0 Å². The summed E-state index contributed by atoms with van der Waals surface area (Å²) in [7, 11) is 1.40. The largest absolute Gasteiger partial charge is 0.465 e. The average molecular weight is 345 g/mol. The third-order valence-electron chi connectivity index (χ3n) is 4.22. The number of halogens is 1. The maximum Gasteiger partial charge on any atom is 0.337 e. The molecule has 2 heterocycles. The highest BCUT2D eigenvalue weighted by atomic mass is 79.9. The molecule has 106 valence electrons. The SMILES string of the molecule is COC(=O)c1ccc2c(c1)[C@@H]1O[C@H]2c2ccc(CBr)cc21. The van der Waals surface area contributed by atoms with E-state index in [-0.39, 0.29) is 18.2 Å². The van der Waals surface area contributed by atoms with E-state index >= 15 is 0 Å². The molecule has 0 fully saturated rings. The van der Waals surface area contributed by atoms with E-state index < -0.39 is 0 Å². The molecule has 0 aliphatic carbocycles. The van der Waals surface area contributed by atoms with Crippen molar-refractivity contribution in [2.24, 2.45) is 0 Å². The second-order valence-corrected chi connectivity index (χ2v) is 5.89. The highest BCUT2D eigenvalue weighted by Gasteiger charge is 2.42. The normalized spacial score (nSPS) is 21.0. The van der Waals surface area contributed by atoms with Crippen LogP contribution < -0.4 is 0 Å².